The summed E-state index contributed by atoms with van der Waals surface area (Å²) in [6, 6.07) is 10.6. The van der Waals surface area contributed by atoms with E-state index >= 15 is 0 Å². The van der Waals surface area contributed by atoms with Gasteiger partial charge in [0.25, 0.3) is 0 Å². The molecule has 0 spiro atoms. The Balaban J connectivity index is 1.78. The Kier molecular flexibility index (Phi) is 5.35. The fraction of sp³-hybridized carbons (Fsp3) is 0.571. The Morgan fingerprint density at radius 1 is 1.28 bits per heavy atom. The smallest absolute Gasteiger partial charge is 0.0947 e. The molecule has 0 saturated carbocycles. The summed E-state index contributed by atoms with van der Waals surface area (Å²) in [6.07, 6.45) is 2.07. The summed E-state index contributed by atoms with van der Waals surface area (Å²) in [7, 11) is -0.845. The summed E-state index contributed by atoms with van der Waals surface area (Å²) in [4.78, 5) is 2.45. The van der Waals surface area contributed by atoms with Gasteiger partial charge in [0.05, 0.1) is 16.2 Å². The lowest BCUT2D eigenvalue weighted by atomic mass is 10.1. The first-order chi connectivity index (χ1) is 8.79. The molecular formula is C14H22N2OS. The van der Waals surface area contributed by atoms with Crippen LogP contribution in [0.2, 0.25) is 0 Å². The molecule has 1 fully saturated rings. The van der Waals surface area contributed by atoms with Crippen molar-refractivity contribution in [2.24, 2.45) is 0 Å². The van der Waals surface area contributed by atoms with Gasteiger partial charge in [-0.3, -0.25) is 4.90 Å². The molecule has 1 aromatic carbocycles. The second-order valence-corrected chi connectivity index (χ2v) is 6.31. The second kappa shape index (κ2) is 7.02. The van der Waals surface area contributed by atoms with Gasteiger partial charge in [-0.15, -0.1) is 0 Å². The van der Waals surface area contributed by atoms with Gasteiger partial charge in [-0.25, -0.2) is 8.93 Å². The molecule has 1 N–H and O–H groups in total. The molecule has 0 aromatic heterocycles. The van der Waals surface area contributed by atoms with E-state index in [-0.39, 0.29) is 0 Å². The van der Waals surface area contributed by atoms with Crippen molar-refractivity contribution in [2.75, 3.05) is 19.6 Å². The molecular weight excluding hydrogens is 244 g/mol. The minimum Gasteiger partial charge on any atom is -0.299 e. The van der Waals surface area contributed by atoms with Gasteiger partial charge in [0, 0.05) is 13.1 Å². The first-order valence-electron chi connectivity index (χ1n) is 6.70. The normalized spacial score (nSPS) is 19.8. The Morgan fingerprint density at radius 2 is 1.94 bits per heavy atom. The molecule has 4 heteroatoms. The summed E-state index contributed by atoms with van der Waals surface area (Å²) in [6.45, 7) is 5.91. The third-order valence-electron chi connectivity index (χ3n) is 3.37. The van der Waals surface area contributed by atoms with Gasteiger partial charge in [0.15, 0.2) is 0 Å². The molecule has 1 aromatic rings. The standard InChI is InChI=1S/C14H22N2OS/c1-2-15-18(17)14-8-10-16(11-9-14)12-13-6-4-3-5-7-13/h3-7,14-15H,2,8-12H2,1H3. The number of likely N-dealkylation sites (tertiary alicyclic amines) is 1. The third kappa shape index (κ3) is 3.90. The summed E-state index contributed by atoms with van der Waals surface area (Å²) >= 11 is 0. The monoisotopic (exact) mass is 266 g/mol. The number of rotatable bonds is 5. The van der Waals surface area contributed by atoms with E-state index in [0.29, 0.717) is 5.25 Å². The Morgan fingerprint density at radius 3 is 2.56 bits per heavy atom. The first kappa shape index (κ1) is 13.7. The highest BCUT2D eigenvalue weighted by Crippen LogP contribution is 2.16. The van der Waals surface area contributed by atoms with E-state index in [9.17, 15) is 4.21 Å². The highest BCUT2D eigenvalue weighted by atomic mass is 32.2. The van der Waals surface area contributed by atoms with Gasteiger partial charge in [-0.05, 0) is 31.5 Å². The lowest BCUT2D eigenvalue weighted by Gasteiger charge is -2.31. The van der Waals surface area contributed by atoms with Gasteiger partial charge in [0.2, 0.25) is 0 Å². The lowest BCUT2D eigenvalue weighted by Crippen LogP contribution is -2.40. The molecule has 0 bridgehead atoms. The van der Waals surface area contributed by atoms with Crippen molar-refractivity contribution in [3.05, 3.63) is 35.9 Å². The van der Waals surface area contributed by atoms with Crippen molar-refractivity contribution in [2.45, 2.75) is 31.6 Å². The minimum absolute atomic E-state index is 0.331. The SMILES string of the molecule is CCNS(=O)C1CCN(Cc2ccccc2)CC1. The Labute approximate surface area is 112 Å². The zero-order valence-corrected chi connectivity index (χ0v) is 11.8. The van der Waals surface area contributed by atoms with Crippen LogP contribution in [-0.2, 0) is 17.5 Å². The van der Waals surface area contributed by atoms with Crippen molar-refractivity contribution in [3.8, 4) is 0 Å². The highest BCUT2D eigenvalue weighted by Gasteiger charge is 2.23. The molecule has 1 saturated heterocycles. The fourth-order valence-corrected chi connectivity index (χ4v) is 3.54. The van der Waals surface area contributed by atoms with E-state index in [2.05, 4.69) is 40.0 Å². The summed E-state index contributed by atoms with van der Waals surface area (Å²) in [5.74, 6) is 0. The number of nitrogens with zero attached hydrogens (tertiary/aromatic N) is 1. The van der Waals surface area contributed by atoms with Gasteiger partial charge in [0.1, 0.15) is 0 Å². The molecule has 0 radical (unpaired) electrons. The van der Waals surface area contributed by atoms with Gasteiger partial charge in [-0.2, -0.15) is 0 Å². The van der Waals surface area contributed by atoms with E-state index in [1.165, 1.54) is 5.56 Å². The molecule has 0 amide bonds. The highest BCUT2D eigenvalue weighted by molar-refractivity contribution is 7.83. The second-order valence-electron chi connectivity index (χ2n) is 4.76. The molecule has 1 heterocycles. The van der Waals surface area contributed by atoms with Crippen LogP contribution in [0, 0.1) is 0 Å². The van der Waals surface area contributed by atoms with Crippen molar-refractivity contribution >= 4 is 11.0 Å². The van der Waals surface area contributed by atoms with E-state index in [1.807, 2.05) is 6.92 Å². The van der Waals surface area contributed by atoms with Crippen LogP contribution in [0.1, 0.15) is 25.3 Å². The van der Waals surface area contributed by atoms with Crippen LogP contribution in [0.5, 0.6) is 0 Å². The lowest BCUT2D eigenvalue weighted by molar-refractivity contribution is 0.223. The number of piperidine rings is 1. The minimum atomic E-state index is -0.845. The predicted octanol–water partition coefficient (Wildman–Crippen LogP) is 1.92. The van der Waals surface area contributed by atoms with Crippen LogP contribution in [0.15, 0.2) is 30.3 Å². The molecule has 1 atom stereocenters. The van der Waals surface area contributed by atoms with Crippen LogP contribution < -0.4 is 4.72 Å². The van der Waals surface area contributed by atoms with Crippen LogP contribution in [-0.4, -0.2) is 34.0 Å². The van der Waals surface area contributed by atoms with E-state index in [0.717, 1.165) is 39.0 Å². The number of benzene rings is 1. The quantitative estimate of drug-likeness (QED) is 0.883. The van der Waals surface area contributed by atoms with Gasteiger partial charge < -0.3 is 0 Å². The number of hydrogen-bond donors (Lipinski definition) is 1. The maximum absolute atomic E-state index is 11.8. The van der Waals surface area contributed by atoms with Crippen LogP contribution in [0.25, 0.3) is 0 Å². The fourth-order valence-electron chi connectivity index (χ4n) is 2.38. The topological polar surface area (TPSA) is 32.3 Å². The van der Waals surface area contributed by atoms with Crippen molar-refractivity contribution in [1.29, 1.82) is 0 Å². The average Bonchev–Trinajstić information content (AvgIpc) is 2.41. The molecule has 0 aliphatic carbocycles. The Bertz CT molecular complexity index is 375. The molecule has 1 aliphatic heterocycles. The predicted molar refractivity (Wildman–Crippen MR) is 76.6 cm³/mol. The average molecular weight is 266 g/mol. The maximum atomic E-state index is 11.8. The van der Waals surface area contributed by atoms with Crippen molar-refractivity contribution < 1.29 is 4.21 Å². The van der Waals surface area contributed by atoms with Gasteiger partial charge in [-0.1, -0.05) is 37.3 Å². The van der Waals surface area contributed by atoms with Crippen molar-refractivity contribution in [3.63, 3.8) is 0 Å². The first-order valence-corrected chi connectivity index (χ1v) is 7.91. The summed E-state index contributed by atoms with van der Waals surface area (Å²) in [5, 5.41) is 0.331. The van der Waals surface area contributed by atoms with Crippen LogP contribution in [0.3, 0.4) is 0 Å². The van der Waals surface area contributed by atoms with Gasteiger partial charge >= 0.3 is 0 Å². The van der Waals surface area contributed by atoms with E-state index < -0.39 is 11.0 Å². The molecule has 100 valence electrons. The van der Waals surface area contributed by atoms with E-state index in [1.54, 1.807) is 0 Å². The van der Waals surface area contributed by atoms with Crippen molar-refractivity contribution in [1.82, 2.24) is 9.62 Å². The van der Waals surface area contributed by atoms with Crippen LogP contribution >= 0.6 is 0 Å². The molecule has 1 aliphatic rings. The molecule has 1 unspecified atom stereocenters. The zero-order valence-electron chi connectivity index (χ0n) is 11.0. The molecule has 2 rings (SSSR count). The largest absolute Gasteiger partial charge is 0.299 e. The summed E-state index contributed by atoms with van der Waals surface area (Å²) in [5.41, 5.74) is 1.36. The zero-order chi connectivity index (χ0) is 12.8. The number of nitrogens with one attached hydrogen (secondary N) is 1. The summed E-state index contributed by atoms with van der Waals surface area (Å²) < 4.78 is 14.9. The van der Waals surface area contributed by atoms with Crippen LogP contribution in [0.4, 0.5) is 0 Å². The number of hydrogen-bond acceptors (Lipinski definition) is 2. The van der Waals surface area contributed by atoms with E-state index in [4.69, 9.17) is 0 Å². The Hall–Kier alpha value is -0.710. The molecule has 3 nitrogen and oxygen atoms in total. The third-order valence-corrected chi connectivity index (χ3v) is 5.02. The maximum Gasteiger partial charge on any atom is 0.0947 e. The molecule has 18 heavy (non-hydrogen) atoms.